The summed E-state index contributed by atoms with van der Waals surface area (Å²) in [7, 11) is 0. The third-order valence-electron chi connectivity index (χ3n) is 1.99. The molecule has 1 atom stereocenters. The number of carbonyl (C=O) groups excluding carboxylic acids is 1. The van der Waals surface area contributed by atoms with Gasteiger partial charge in [-0.25, -0.2) is 0 Å². The van der Waals surface area contributed by atoms with Crippen LogP contribution >= 0.6 is 0 Å². The van der Waals surface area contributed by atoms with Gasteiger partial charge in [-0.1, -0.05) is 5.16 Å². The molecule has 0 aromatic carbocycles. The van der Waals surface area contributed by atoms with E-state index in [1.165, 1.54) is 0 Å². The van der Waals surface area contributed by atoms with Crippen molar-refractivity contribution < 1.29 is 19.2 Å². The van der Waals surface area contributed by atoms with E-state index in [1.54, 1.807) is 6.92 Å². The number of hydrogen-bond acceptors (Lipinski definition) is 6. The summed E-state index contributed by atoms with van der Waals surface area (Å²) in [6, 6.07) is -0.852. The van der Waals surface area contributed by atoms with E-state index in [4.69, 9.17) is 15.4 Å². The summed E-state index contributed by atoms with van der Waals surface area (Å²) in [5, 5.41) is 14.5. The number of carbonyl (C=O) groups is 2. The van der Waals surface area contributed by atoms with Gasteiger partial charge < -0.3 is 20.7 Å². The number of carboxylic acids is 1. The number of rotatable bonds is 6. The van der Waals surface area contributed by atoms with Crippen molar-refractivity contribution in [1.82, 2.24) is 15.5 Å². The molecule has 17 heavy (non-hydrogen) atoms. The molecule has 0 aliphatic carbocycles. The van der Waals surface area contributed by atoms with E-state index < -0.39 is 17.9 Å². The zero-order valence-corrected chi connectivity index (χ0v) is 9.34. The summed E-state index contributed by atoms with van der Waals surface area (Å²) in [5.41, 5.74) is 5.49. The largest absolute Gasteiger partial charge is 0.481 e. The normalized spacial score (nSPS) is 12.1. The van der Waals surface area contributed by atoms with Crippen molar-refractivity contribution in [2.45, 2.75) is 32.4 Å². The summed E-state index contributed by atoms with van der Waals surface area (Å²) < 4.78 is 4.78. The Morgan fingerprint density at radius 2 is 2.29 bits per heavy atom. The average molecular weight is 242 g/mol. The lowest BCUT2D eigenvalue weighted by Gasteiger charge is -2.09. The Balaban J connectivity index is 2.31. The Bertz CT molecular complexity index is 403. The van der Waals surface area contributed by atoms with Crippen LogP contribution in [0.5, 0.6) is 0 Å². The Morgan fingerprint density at radius 3 is 2.82 bits per heavy atom. The topological polar surface area (TPSA) is 131 Å². The zero-order chi connectivity index (χ0) is 12.8. The molecule has 1 rings (SSSR count). The SMILES string of the molecule is Cc1noc(CNC(=O)C(N)CCC(=O)O)n1. The van der Waals surface area contributed by atoms with E-state index in [9.17, 15) is 9.59 Å². The molecule has 0 aliphatic rings. The first-order valence-electron chi connectivity index (χ1n) is 5.03. The van der Waals surface area contributed by atoms with Crippen molar-refractivity contribution >= 4 is 11.9 Å². The van der Waals surface area contributed by atoms with E-state index >= 15 is 0 Å². The van der Waals surface area contributed by atoms with Crippen LogP contribution in [0.3, 0.4) is 0 Å². The molecule has 1 aromatic rings. The molecule has 0 aliphatic heterocycles. The smallest absolute Gasteiger partial charge is 0.303 e. The fourth-order valence-electron chi connectivity index (χ4n) is 1.12. The molecule has 8 nitrogen and oxygen atoms in total. The van der Waals surface area contributed by atoms with Gasteiger partial charge in [0.1, 0.15) is 0 Å². The van der Waals surface area contributed by atoms with Crippen LogP contribution in [0.15, 0.2) is 4.52 Å². The third kappa shape index (κ3) is 4.60. The van der Waals surface area contributed by atoms with Gasteiger partial charge in [-0.15, -0.1) is 0 Å². The number of aryl methyl sites for hydroxylation is 1. The molecule has 0 radical (unpaired) electrons. The summed E-state index contributed by atoms with van der Waals surface area (Å²) in [6.07, 6.45) is -0.0573. The first-order valence-corrected chi connectivity index (χ1v) is 5.03. The highest BCUT2D eigenvalue weighted by Gasteiger charge is 2.15. The predicted octanol–water partition coefficient (Wildman–Crippen LogP) is -0.814. The van der Waals surface area contributed by atoms with Gasteiger partial charge in [-0.2, -0.15) is 4.98 Å². The second-order valence-corrected chi connectivity index (χ2v) is 3.49. The number of aliphatic carboxylic acids is 1. The molecule has 4 N–H and O–H groups in total. The number of nitrogens with two attached hydrogens (primary N) is 1. The fraction of sp³-hybridized carbons (Fsp3) is 0.556. The maximum Gasteiger partial charge on any atom is 0.303 e. The number of nitrogens with one attached hydrogen (secondary N) is 1. The van der Waals surface area contributed by atoms with Gasteiger partial charge in [0.25, 0.3) is 0 Å². The van der Waals surface area contributed by atoms with Crippen LogP contribution in [-0.4, -0.2) is 33.2 Å². The summed E-state index contributed by atoms with van der Waals surface area (Å²) in [5.74, 6) is -0.673. The summed E-state index contributed by atoms with van der Waals surface area (Å²) in [4.78, 5) is 25.6. The zero-order valence-electron chi connectivity index (χ0n) is 9.34. The van der Waals surface area contributed by atoms with Crippen LogP contribution in [0.2, 0.25) is 0 Å². The van der Waals surface area contributed by atoms with Gasteiger partial charge in [0.15, 0.2) is 5.82 Å². The summed E-state index contributed by atoms with van der Waals surface area (Å²) >= 11 is 0. The van der Waals surface area contributed by atoms with Crippen molar-refractivity contribution in [2.75, 3.05) is 0 Å². The van der Waals surface area contributed by atoms with E-state index in [0.717, 1.165) is 0 Å². The molecule has 0 spiro atoms. The Kier molecular flexibility index (Phi) is 4.58. The molecule has 1 unspecified atom stereocenters. The highest BCUT2D eigenvalue weighted by atomic mass is 16.5. The minimum absolute atomic E-state index is 0.0838. The molecule has 0 fully saturated rings. The molecule has 0 saturated heterocycles. The van der Waals surface area contributed by atoms with Crippen LogP contribution in [0.25, 0.3) is 0 Å². The lowest BCUT2D eigenvalue weighted by atomic mass is 10.1. The molecular formula is C9H14N4O4. The molecule has 0 bridgehead atoms. The minimum Gasteiger partial charge on any atom is -0.481 e. The monoisotopic (exact) mass is 242 g/mol. The Hall–Kier alpha value is -1.96. The van der Waals surface area contributed by atoms with E-state index in [0.29, 0.717) is 5.82 Å². The maximum atomic E-state index is 11.4. The lowest BCUT2D eigenvalue weighted by molar-refractivity contribution is -0.137. The van der Waals surface area contributed by atoms with Crippen molar-refractivity contribution in [3.05, 3.63) is 11.7 Å². The highest BCUT2D eigenvalue weighted by Crippen LogP contribution is 1.97. The minimum atomic E-state index is -0.985. The van der Waals surface area contributed by atoms with Crippen molar-refractivity contribution in [3.63, 3.8) is 0 Å². The molecule has 0 saturated carbocycles. The average Bonchev–Trinajstić information content (AvgIpc) is 2.68. The fourth-order valence-corrected chi connectivity index (χ4v) is 1.12. The van der Waals surface area contributed by atoms with Crippen LogP contribution in [0, 0.1) is 6.92 Å². The number of nitrogens with zero attached hydrogens (tertiary/aromatic N) is 2. The molecule has 94 valence electrons. The lowest BCUT2D eigenvalue weighted by Crippen LogP contribution is -2.40. The maximum absolute atomic E-state index is 11.4. The molecule has 8 heteroatoms. The van der Waals surface area contributed by atoms with Crippen LogP contribution < -0.4 is 11.1 Å². The van der Waals surface area contributed by atoms with Crippen LogP contribution in [0.1, 0.15) is 24.6 Å². The quantitative estimate of drug-likeness (QED) is 0.594. The first kappa shape index (κ1) is 13.1. The Morgan fingerprint density at radius 1 is 1.59 bits per heavy atom. The molecule has 1 aromatic heterocycles. The third-order valence-corrected chi connectivity index (χ3v) is 1.99. The second kappa shape index (κ2) is 5.94. The van der Waals surface area contributed by atoms with Gasteiger partial charge in [-0.05, 0) is 13.3 Å². The predicted molar refractivity (Wildman–Crippen MR) is 55.7 cm³/mol. The van der Waals surface area contributed by atoms with Gasteiger partial charge in [0.2, 0.25) is 11.8 Å². The van der Waals surface area contributed by atoms with Crippen molar-refractivity contribution in [2.24, 2.45) is 5.73 Å². The van der Waals surface area contributed by atoms with Crippen molar-refractivity contribution in [1.29, 1.82) is 0 Å². The number of aromatic nitrogens is 2. The van der Waals surface area contributed by atoms with Gasteiger partial charge in [0, 0.05) is 6.42 Å². The molecule has 1 amide bonds. The van der Waals surface area contributed by atoms with Gasteiger partial charge >= 0.3 is 5.97 Å². The Labute approximate surface area is 97.2 Å². The molecular weight excluding hydrogens is 228 g/mol. The standard InChI is InChI=1S/C9H14N4O4/c1-5-12-7(17-13-5)4-11-9(16)6(10)2-3-8(14)15/h6H,2-4,10H2,1H3,(H,11,16)(H,14,15). The van der Waals surface area contributed by atoms with Gasteiger partial charge in [-0.3, -0.25) is 9.59 Å². The molecule has 1 heterocycles. The van der Waals surface area contributed by atoms with E-state index in [2.05, 4.69) is 15.5 Å². The summed E-state index contributed by atoms with van der Waals surface area (Å²) in [6.45, 7) is 1.74. The van der Waals surface area contributed by atoms with E-state index in [-0.39, 0.29) is 25.3 Å². The van der Waals surface area contributed by atoms with Crippen LogP contribution in [-0.2, 0) is 16.1 Å². The van der Waals surface area contributed by atoms with Gasteiger partial charge in [0.05, 0.1) is 12.6 Å². The highest BCUT2D eigenvalue weighted by molar-refractivity contribution is 5.82. The van der Waals surface area contributed by atoms with Crippen LogP contribution in [0.4, 0.5) is 0 Å². The van der Waals surface area contributed by atoms with E-state index in [1.807, 2.05) is 0 Å². The van der Waals surface area contributed by atoms with Crippen molar-refractivity contribution in [3.8, 4) is 0 Å². The number of carboxylic acid groups (broad SMARTS) is 1. The number of hydrogen-bond donors (Lipinski definition) is 3. The second-order valence-electron chi connectivity index (χ2n) is 3.49. The first-order chi connectivity index (χ1) is 7.99. The number of amides is 1.